The van der Waals surface area contributed by atoms with E-state index < -0.39 is 5.91 Å². The first kappa shape index (κ1) is 16.1. The van der Waals surface area contributed by atoms with Crippen molar-refractivity contribution in [2.45, 2.75) is 19.8 Å². The fourth-order valence-corrected chi connectivity index (χ4v) is 2.44. The fraction of sp³-hybridized carbons (Fsp3) is 0.500. The summed E-state index contributed by atoms with van der Waals surface area (Å²) in [4.78, 5) is 25.4. The highest BCUT2D eigenvalue weighted by Gasteiger charge is 2.21. The molecule has 1 saturated heterocycles. The number of hydrogen-bond donors (Lipinski definition) is 1. The molecule has 1 aliphatic heterocycles. The van der Waals surface area contributed by atoms with E-state index in [4.69, 9.17) is 15.2 Å². The average molecular weight is 306 g/mol. The smallest absolute Gasteiger partial charge is 0.260 e. The number of primary amides is 1. The van der Waals surface area contributed by atoms with E-state index in [1.54, 1.807) is 17.0 Å². The highest BCUT2D eigenvalue weighted by molar-refractivity contribution is 5.96. The van der Waals surface area contributed by atoms with Crippen LogP contribution in [0.3, 0.4) is 0 Å². The Hall–Kier alpha value is -2.24. The van der Waals surface area contributed by atoms with Gasteiger partial charge in [-0.05, 0) is 37.0 Å². The molecule has 0 spiro atoms. The van der Waals surface area contributed by atoms with Crippen molar-refractivity contribution in [1.29, 1.82) is 0 Å². The molecular formula is C16H22N2O4. The van der Waals surface area contributed by atoms with Crippen LogP contribution in [0, 0.1) is 5.92 Å². The van der Waals surface area contributed by atoms with Crippen molar-refractivity contribution in [3.63, 3.8) is 0 Å². The molecule has 1 aromatic carbocycles. The molecule has 120 valence electrons. The van der Waals surface area contributed by atoms with E-state index in [-0.39, 0.29) is 18.1 Å². The minimum absolute atomic E-state index is 0.0712. The van der Waals surface area contributed by atoms with Gasteiger partial charge in [-0.2, -0.15) is 0 Å². The average Bonchev–Trinajstić information content (AvgIpc) is 2.53. The van der Waals surface area contributed by atoms with Crippen LogP contribution in [0.5, 0.6) is 11.5 Å². The molecule has 0 aliphatic carbocycles. The third-order valence-corrected chi connectivity index (χ3v) is 3.94. The molecule has 0 bridgehead atoms. The van der Waals surface area contributed by atoms with Gasteiger partial charge in [-0.1, -0.05) is 6.92 Å². The van der Waals surface area contributed by atoms with Gasteiger partial charge < -0.3 is 20.1 Å². The van der Waals surface area contributed by atoms with Crippen molar-refractivity contribution >= 4 is 11.8 Å². The predicted molar refractivity (Wildman–Crippen MR) is 82.0 cm³/mol. The number of rotatable bonds is 5. The Kier molecular flexibility index (Phi) is 5.25. The number of carbonyl (C=O) groups is 2. The van der Waals surface area contributed by atoms with E-state index in [0.717, 1.165) is 25.9 Å². The van der Waals surface area contributed by atoms with Crippen LogP contribution in [0.25, 0.3) is 0 Å². The highest BCUT2D eigenvalue weighted by Crippen LogP contribution is 2.24. The summed E-state index contributed by atoms with van der Waals surface area (Å²) in [6, 6.07) is 4.75. The number of nitrogens with zero attached hydrogens (tertiary/aromatic N) is 1. The maximum atomic E-state index is 12.1. The SMILES string of the molecule is COc1ccc(OCC(=O)N2CCC(C)CC2)c(C(N)=O)c1. The second-order valence-corrected chi connectivity index (χ2v) is 5.58. The van der Waals surface area contributed by atoms with Gasteiger partial charge in [0.15, 0.2) is 6.61 Å². The quantitative estimate of drug-likeness (QED) is 0.892. The Bertz CT molecular complexity index is 551. The minimum atomic E-state index is -0.617. The number of methoxy groups -OCH3 is 1. The summed E-state index contributed by atoms with van der Waals surface area (Å²) in [6.45, 7) is 3.61. The number of nitrogens with two attached hydrogens (primary N) is 1. The Labute approximate surface area is 130 Å². The standard InChI is InChI=1S/C16H22N2O4/c1-11-5-7-18(8-6-11)15(19)10-22-14-4-3-12(21-2)9-13(14)16(17)20/h3-4,9,11H,5-8,10H2,1-2H3,(H2,17,20). The Morgan fingerprint density at radius 2 is 2.00 bits per heavy atom. The lowest BCUT2D eigenvalue weighted by molar-refractivity contribution is -0.134. The van der Waals surface area contributed by atoms with Crippen LogP contribution >= 0.6 is 0 Å². The second-order valence-electron chi connectivity index (χ2n) is 5.58. The van der Waals surface area contributed by atoms with Gasteiger partial charge in [0, 0.05) is 13.1 Å². The molecule has 1 aliphatic rings. The molecule has 2 N–H and O–H groups in total. The first-order valence-electron chi connectivity index (χ1n) is 7.39. The number of carbonyl (C=O) groups excluding carboxylic acids is 2. The number of piperidine rings is 1. The van der Waals surface area contributed by atoms with Crippen LogP contribution in [0.4, 0.5) is 0 Å². The summed E-state index contributed by atoms with van der Waals surface area (Å²) in [5.41, 5.74) is 5.54. The first-order chi connectivity index (χ1) is 10.5. The zero-order valence-electron chi connectivity index (χ0n) is 13.0. The monoisotopic (exact) mass is 306 g/mol. The largest absolute Gasteiger partial charge is 0.497 e. The highest BCUT2D eigenvalue weighted by atomic mass is 16.5. The molecule has 0 radical (unpaired) electrons. The lowest BCUT2D eigenvalue weighted by atomic mass is 9.99. The topological polar surface area (TPSA) is 81.9 Å². The lowest BCUT2D eigenvalue weighted by Gasteiger charge is -2.30. The molecule has 1 aromatic rings. The van der Waals surface area contributed by atoms with Crippen LogP contribution in [0.15, 0.2) is 18.2 Å². The number of benzene rings is 1. The van der Waals surface area contributed by atoms with Gasteiger partial charge >= 0.3 is 0 Å². The van der Waals surface area contributed by atoms with Crippen molar-refractivity contribution in [3.05, 3.63) is 23.8 Å². The van der Waals surface area contributed by atoms with Crippen molar-refractivity contribution in [2.24, 2.45) is 11.7 Å². The van der Waals surface area contributed by atoms with E-state index in [1.807, 2.05) is 0 Å². The molecule has 0 saturated carbocycles. The number of likely N-dealkylation sites (tertiary alicyclic amines) is 1. The van der Waals surface area contributed by atoms with Gasteiger partial charge in [0.2, 0.25) is 0 Å². The van der Waals surface area contributed by atoms with E-state index in [1.165, 1.54) is 13.2 Å². The maximum absolute atomic E-state index is 12.1. The van der Waals surface area contributed by atoms with Crippen LogP contribution in [-0.2, 0) is 4.79 Å². The van der Waals surface area contributed by atoms with Crippen LogP contribution in [0.1, 0.15) is 30.1 Å². The third kappa shape index (κ3) is 3.90. The second kappa shape index (κ2) is 7.15. The van der Waals surface area contributed by atoms with Crippen molar-refractivity contribution in [3.8, 4) is 11.5 Å². The lowest BCUT2D eigenvalue weighted by Crippen LogP contribution is -2.40. The molecule has 0 aromatic heterocycles. The summed E-state index contributed by atoms with van der Waals surface area (Å²) in [5.74, 6) is 0.781. The molecule has 1 heterocycles. The van der Waals surface area contributed by atoms with Crippen molar-refractivity contribution in [2.75, 3.05) is 26.8 Å². The molecule has 6 nitrogen and oxygen atoms in total. The number of hydrogen-bond acceptors (Lipinski definition) is 4. The molecular weight excluding hydrogens is 284 g/mol. The van der Waals surface area contributed by atoms with E-state index in [0.29, 0.717) is 17.4 Å². The minimum Gasteiger partial charge on any atom is -0.497 e. The van der Waals surface area contributed by atoms with Crippen LogP contribution in [0.2, 0.25) is 0 Å². The van der Waals surface area contributed by atoms with Crippen LogP contribution in [-0.4, -0.2) is 43.5 Å². The summed E-state index contributed by atoms with van der Waals surface area (Å²) >= 11 is 0. The molecule has 1 fully saturated rings. The molecule has 6 heteroatoms. The fourth-order valence-electron chi connectivity index (χ4n) is 2.44. The van der Waals surface area contributed by atoms with Crippen LogP contribution < -0.4 is 15.2 Å². The third-order valence-electron chi connectivity index (χ3n) is 3.94. The Morgan fingerprint density at radius 1 is 1.32 bits per heavy atom. The summed E-state index contributed by atoms with van der Waals surface area (Å²) in [5, 5.41) is 0. The van der Waals surface area contributed by atoms with E-state index in [9.17, 15) is 9.59 Å². The van der Waals surface area contributed by atoms with Gasteiger partial charge in [-0.3, -0.25) is 9.59 Å². The van der Waals surface area contributed by atoms with Gasteiger partial charge in [-0.25, -0.2) is 0 Å². The maximum Gasteiger partial charge on any atom is 0.260 e. The Balaban J connectivity index is 1.99. The van der Waals surface area contributed by atoms with Crippen molar-refractivity contribution < 1.29 is 19.1 Å². The molecule has 0 unspecified atom stereocenters. The molecule has 22 heavy (non-hydrogen) atoms. The summed E-state index contributed by atoms with van der Waals surface area (Å²) in [7, 11) is 1.50. The molecule has 0 atom stereocenters. The van der Waals surface area contributed by atoms with E-state index >= 15 is 0 Å². The van der Waals surface area contributed by atoms with E-state index in [2.05, 4.69) is 6.92 Å². The van der Waals surface area contributed by atoms with Gasteiger partial charge in [0.05, 0.1) is 12.7 Å². The Morgan fingerprint density at radius 3 is 2.59 bits per heavy atom. The molecule has 2 amide bonds. The summed E-state index contributed by atoms with van der Waals surface area (Å²) in [6.07, 6.45) is 2.03. The first-order valence-corrected chi connectivity index (χ1v) is 7.39. The van der Waals surface area contributed by atoms with Gasteiger partial charge in [0.25, 0.3) is 11.8 Å². The number of ether oxygens (including phenoxy) is 2. The normalized spacial score (nSPS) is 15.5. The zero-order chi connectivity index (χ0) is 16.1. The number of amides is 2. The van der Waals surface area contributed by atoms with Crippen molar-refractivity contribution in [1.82, 2.24) is 4.90 Å². The molecule has 2 rings (SSSR count). The predicted octanol–water partition coefficient (Wildman–Crippen LogP) is 1.43. The van der Waals surface area contributed by atoms with Gasteiger partial charge in [0.1, 0.15) is 11.5 Å². The van der Waals surface area contributed by atoms with Gasteiger partial charge in [-0.15, -0.1) is 0 Å². The zero-order valence-corrected chi connectivity index (χ0v) is 13.0. The summed E-state index contributed by atoms with van der Waals surface area (Å²) < 4.78 is 10.5.